The van der Waals surface area contributed by atoms with Crippen molar-refractivity contribution >= 4 is 21.9 Å². The van der Waals surface area contributed by atoms with Gasteiger partial charge in [0.25, 0.3) is 0 Å². The van der Waals surface area contributed by atoms with Crippen LogP contribution in [0.15, 0.2) is 192 Å². The molecule has 0 fully saturated rings. The largest absolute Gasteiger partial charge is 0.456 e. The van der Waals surface area contributed by atoms with Crippen molar-refractivity contribution in [2.45, 2.75) is 24.7 Å². The summed E-state index contributed by atoms with van der Waals surface area (Å²) in [6.07, 6.45) is 0. The fourth-order valence-corrected chi connectivity index (χ4v) is 10.1. The maximum atomic E-state index is 6.93. The molecule has 0 unspecified atom stereocenters. The number of rotatable bonds is 4. The third-order valence-electron chi connectivity index (χ3n) is 12.8. The maximum Gasteiger partial charge on any atom is 0.164 e. The molecule has 1 spiro atoms. The summed E-state index contributed by atoms with van der Waals surface area (Å²) in [5.41, 5.74) is 16.3. The van der Waals surface area contributed by atoms with Gasteiger partial charge in [0.15, 0.2) is 17.5 Å². The van der Waals surface area contributed by atoms with E-state index >= 15 is 0 Å². The first-order chi connectivity index (χ1) is 29.0. The van der Waals surface area contributed by atoms with E-state index in [-0.39, 0.29) is 5.41 Å². The average molecular weight is 756 g/mol. The van der Waals surface area contributed by atoms with E-state index < -0.39 is 5.41 Å². The second-order valence-electron chi connectivity index (χ2n) is 16.3. The highest BCUT2D eigenvalue weighted by Gasteiger charge is 2.53. The van der Waals surface area contributed by atoms with Crippen LogP contribution in [0.5, 0.6) is 0 Å². The molecule has 2 aliphatic carbocycles. The molecule has 0 atom stereocenters. The van der Waals surface area contributed by atoms with E-state index in [0.29, 0.717) is 17.5 Å². The Morgan fingerprint density at radius 3 is 1.51 bits per heavy atom. The van der Waals surface area contributed by atoms with Crippen LogP contribution in [0.1, 0.15) is 47.2 Å². The number of benzene rings is 8. The molecule has 2 aromatic heterocycles. The van der Waals surface area contributed by atoms with Gasteiger partial charge in [-0.3, -0.25) is 0 Å². The zero-order valence-electron chi connectivity index (χ0n) is 32.6. The lowest BCUT2D eigenvalue weighted by Gasteiger charge is -2.46. The molecule has 4 heteroatoms. The Morgan fingerprint density at radius 1 is 0.356 bits per heavy atom. The predicted octanol–water partition coefficient (Wildman–Crippen LogP) is 13.4. The van der Waals surface area contributed by atoms with Gasteiger partial charge in [-0.25, -0.2) is 15.0 Å². The molecule has 10 aromatic rings. The molecule has 12 rings (SSSR count). The Bertz CT molecular complexity index is 3240. The topological polar surface area (TPSA) is 51.8 Å². The van der Waals surface area contributed by atoms with Gasteiger partial charge in [-0.05, 0) is 73.8 Å². The summed E-state index contributed by atoms with van der Waals surface area (Å²) in [6, 6.07) is 67.0. The average Bonchev–Trinajstić information content (AvgIpc) is 3.82. The first-order valence-electron chi connectivity index (χ1n) is 20.3. The van der Waals surface area contributed by atoms with E-state index in [9.17, 15) is 0 Å². The minimum absolute atomic E-state index is 0.302. The number of nitrogens with zero attached hydrogens (tertiary/aromatic N) is 3. The Labute approximate surface area is 342 Å². The van der Waals surface area contributed by atoms with E-state index in [0.717, 1.165) is 44.2 Å². The van der Waals surface area contributed by atoms with Crippen molar-refractivity contribution in [1.82, 2.24) is 15.0 Å². The van der Waals surface area contributed by atoms with Crippen LogP contribution < -0.4 is 0 Å². The van der Waals surface area contributed by atoms with Gasteiger partial charge >= 0.3 is 0 Å². The molecule has 0 radical (unpaired) electrons. The second kappa shape index (κ2) is 12.5. The van der Waals surface area contributed by atoms with Crippen LogP contribution in [0, 0.1) is 0 Å². The molecule has 8 aromatic carbocycles. The van der Waals surface area contributed by atoms with Gasteiger partial charge in [-0.1, -0.05) is 184 Å². The van der Waals surface area contributed by atoms with Gasteiger partial charge in [-0.15, -0.1) is 0 Å². The molecule has 0 N–H and O–H groups in total. The molecule has 0 saturated heterocycles. The number of hydrogen-bond acceptors (Lipinski definition) is 4. The quantitative estimate of drug-likeness (QED) is 0.179. The lowest BCUT2D eigenvalue weighted by molar-refractivity contribution is 0.562. The van der Waals surface area contributed by atoms with Crippen molar-refractivity contribution in [1.29, 1.82) is 0 Å². The molecule has 4 nitrogen and oxygen atoms in total. The second-order valence-corrected chi connectivity index (χ2v) is 16.3. The summed E-state index contributed by atoms with van der Waals surface area (Å²) in [7, 11) is 0. The number of hydrogen-bond donors (Lipinski definition) is 0. The fraction of sp³-hybridized carbons (Fsp3) is 0.0727. The minimum Gasteiger partial charge on any atom is -0.456 e. The van der Waals surface area contributed by atoms with Crippen molar-refractivity contribution in [3.05, 3.63) is 221 Å². The summed E-state index contributed by atoms with van der Waals surface area (Å²) in [5, 5.41) is 2.05. The van der Waals surface area contributed by atoms with E-state index in [1.165, 1.54) is 50.1 Å². The third-order valence-corrected chi connectivity index (χ3v) is 12.8. The number of aromatic nitrogens is 3. The van der Waals surface area contributed by atoms with Crippen molar-refractivity contribution in [3.8, 4) is 56.4 Å². The van der Waals surface area contributed by atoms with Crippen LogP contribution in [0.3, 0.4) is 0 Å². The van der Waals surface area contributed by atoms with Crippen molar-refractivity contribution in [2.24, 2.45) is 0 Å². The van der Waals surface area contributed by atoms with Gasteiger partial charge in [0, 0.05) is 32.9 Å². The standard InChI is InChI=1S/C55H37N3O/c1-54(2)44-25-13-14-26-45(44)55(42-23-11-9-20-38(42)39-21-10-12-24-43(39)55)47-33-49-41(32-46(47)54)50-40(22-15-27-48(50)59-49)53-57-51(36-18-7-4-8-19-36)56-52(58-53)37-30-28-35(29-31-37)34-16-5-3-6-17-34/h3-33H,1-2H3. The van der Waals surface area contributed by atoms with Gasteiger partial charge in [0.1, 0.15) is 11.2 Å². The van der Waals surface area contributed by atoms with Crippen LogP contribution in [0.4, 0.5) is 0 Å². The Kier molecular flexibility index (Phi) is 7.16. The minimum atomic E-state index is -0.506. The Balaban J connectivity index is 1.10. The summed E-state index contributed by atoms with van der Waals surface area (Å²) in [4.78, 5) is 15.5. The highest BCUT2D eigenvalue weighted by molar-refractivity contribution is 6.12. The van der Waals surface area contributed by atoms with Crippen LogP contribution in [-0.4, -0.2) is 15.0 Å². The van der Waals surface area contributed by atoms with Crippen LogP contribution in [-0.2, 0) is 10.8 Å². The zero-order valence-corrected chi connectivity index (χ0v) is 32.6. The molecule has 2 heterocycles. The van der Waals surface area contributed by atoms with E-state index in [1.807, 2.05) is 30.3 Å². The maximum absolute atomic E-state index is 6.93. The summed E-state index contributed by atoms with van der Waals surface area (Å²) < 4.78 is 6.93. The smallest absolute Gasteiger partial charge is 0.164 e. The van der Waals surface area contributed by atoms with Crippen molar-refractivity contribution in [3.63, 3.8) is 0 Å². The molecular weight excluding hydrogens is 719 g/mol. The molecule has 0 aliphatic heterocycles. The molecule has 0 amide bonds. The van der Waals surface area contributed by atoms with Gasteiger partial charge in [0.2, 0.25) is 0 Å². The molecular formula is C55H37N3O. The third kappa shape index (κ3) is 4.80. The van der Waals surface area contributed by atoms with Gasteiger partial charge < -0.3 is 4.42 Å². The highest BCUT2D eigenvalue weighted by atomic mass is 16.3. The number of fused-ring (bicyclic) bond motifs is 12. The molecule has 2 aliphatic rings. The van der Waals surface area contributed by atoms with Crippen LogP contribution >= 0.6 is 0 Å². The predicted molar refractivity (Wildman–Crippen MR) is 238 cm³/mol. The Hall–Kier alpha value is -7.43. The van der Waals surface area contributed by atoms with Crippen molar-refractivity contribution < 1.29 is 4.42 Å². The fourth-order valence-electron chi connectivity index (χ4n) is 10.1. The molecule has 59 heavy (non-hydrogen) atoms. The molecule has 278 valence electrons. The van der Waals surface area contributed by atoms with Crippen molar-refractivity contribution in [2.75, 3.05) is 0 Å². The summed E-state index contributed by atoms with van der Waals surface area (Å²) in [6.45, 7) is 4.74. The monoisotopic (exact) mass is 755 g/mol. The SMILES string of the molecule is CC1(C)c2ccccc2C2(c3ccccc3-c3ccccc32)c2cc3oc4cccc(-c5nc(-c6ccccc6)nc(-c6ccc(-c7ccccc7)cc6)n5)c4c3cc21. The number of furan rings is 1. The van der Waals surface area contributed by atoms with E-state index in [4.69, 9.17) is 19.4 Å². The molecule has 0 bridgehead atoms. The van der Waals surface area contributed by atoms with Crippen LogP contribution in [0.2, 0.25) is 0 Å². The van der Waals surface area contributed by atoms with E-state index in [1.54, 1.807) is 0 Å². The van der Waals surface area contributed by atoms with Crippen LogP contribution in [0.25, 0.3) is 78.4 Å². The normalized spacial score (nSPS) is 14.2. The summed E-state index contributed by atoms with van der Waals surface area (Å²) in [5.74, 6) is 1.85. The van der Waals surface area contributed by atoms with Gasteiger partial charge in [-0.2, -0.15) is 0 Å². The highest BCUT2D eigenvalue weighted by Crippen LogP contribution is 2.62. The lowest BCUT2D eigenvalue weighted by Crippen LogP contribution is -2.40. The first kappa shape index (κ1) is 33.7. The summed E-state index contributed by atoms with van der Waals surface area (Å²) >= 11 is 0. The van der Waals surface area contributed by atoms with E-state index in [2.05, 4.69) is 172 Å². The Morgan fingerprint density at radius 2 is 0.847 bits per heavy atom. The zero-order chi connectivity index (χ0) is 39.3. The molecule has 0 saturated carbocycles. The first-order valence-corrected chi connectivity index (χ1v) is 20.3. The lowest BCUT2D eigenvalue weighted by atomic mass is 9.55. The van der Waals surface area contributed by atoms with Gasteiger partial charge in [0.05, 0.1) is 5.41 Å².